The van der Waals surface area contributed by atoms with Crippen molar-refractivity contribution in [3.8, 4) is 0 Å². The third kappa shape index (κ3) is 2.86. The van der Waals surface area contributed by atoms with Crippen molar-refractivity contribution < 1.29 is 17.2 Å². The van der Waals surface area contributed by atoms with E-state index in [-0.39, 0.29) is 22.0 Å². The van der Waals surface area contributed by atoms with Crippen LogP contribution >= 0.6 is 0 Å². The molecule has 0 atom stereocenters. The summed E-state index contributed by atoms with van der Waals surface area (Å²) in [5, 5.41) is 7.54. The van der Waals surface area contributed by atoms with Crippen LogP contribution in [0.2, 0.25) is 0 Å². The molecule has 8 heteroatoms. The summed E-state index contributed by atoms with van der Waals surface area (Å²) in [6.07, 6.45) is 0. The number of rotatable bonds is 3. The van der Waals surface area contributed by atoms with Crippen LogP contribution in [-0.4, -0.2) is 8.42 Å². The van der Waals surface area contributed by atoms with Crippen molar-refractivity contribution in [2.75, 3.05) is 11.1 Å². The summed E-state index contributed by atoms with van der Waals surface area (Å²) in [7, 11) is -4.06. The van der Waals surface area contributed by atoms with Gasteiger partial charge in [-0.3, -0.25) is 0 Å². The van der Waals surface area contributed by atoms with Crippen LogP contribution in [0, 0.1) is 11.6 Å². The third-order valence-electron chi connectivity index (χ3n) is 2.53. The Kier molecular flexibility index (Phi) is 3.60. The van der Waals surface area contributed by atoms with E-state index in [2.05, 4.69) is 5.32 Å². The predicted octanol–water partition coefficient (Wildman–Crippen LogP) is 1.94. The molecule has 0 amide bonds. The average Bonchev–Trinajstić information content (AvgIpc) is 2.36. The molecule has 2 aromatic rings. The SMILES string of the molecule is Nc1ccc(Nc2cccc(F)c2F)c(S(N)(=O)=O)c1. The van der Waals surface area contributed by atoms with Gasteiger partial charge in [0.2, 0.25) is 10.0 Å². The fourth-order valence-electron chi connectivity index (χ4n) is 1.62. The van der Waals surface area contributed by atoms with Gasteiger partial charge in [-0.1, -0.05) is 6.07 Å². The summed E-state index contributed by atoms with van der Waals surface area (Å²) in [6.45, 7) is 0. The maximum absolute atomic E-state index is 13.6. The Morgan fingerprint density at radius 1 is 1.05 bits per heavy atom. The minimum Gasteiger partial charge on any atom is -0.399 e. The highest BCUT2D eigenvalue weighted by Crippen LogP contribution is 2.28. The van der Waals surface area contributed by atoms with E-state index in [1.54, 1.807) is 0 Å². The van der Waals surface area contributed by atoms with E-state index in [9.17, 15) is 17.2 Å². The third-order valence-corrected chi connectivity index (χ3v) is 3.48. The van der Waals surface area contributed by atoms with E-state index < -0.39 is 21.7 Å². The highest BCUT2D eigenvalue weighted by atomic mass is 32.2. The van der Waals surface area contributed by atoms with Gasteiger partial charge in [0, 0.05) is 5.69 Å². The Hall–Kier alpha value is -2.19. The van der Waals surface area contributed by atoms with Gasteiger partial charge in [0.25, 0.3) is 0 Å². The Bertz CT molecular complexity index is 763. The summed E-state index contributed by atoms with van der Waals surface area (Å²) < 4.78 is 49.6. The molecule has 5 N–H and O–H groups in total. The minimum absolute atomic E-state index is 0.00574. The zero-order valence-corrected chi connectivity index (χ0v) is 10.9. The van der Waals surface area contributed by atoms with Gasteiger partial charge in [0.15, 0.2) is 11.6 Å². The van der Waals surface area contributed by atoms with Crippen molar-refractivity contribution in [2.24, 2.45) is 5.14 Å². The molecule has 2 aromatic carbocycles. The van der Waals surface area contributed by atoms with Crippen LogP contribution in [0.1, 0.15) is 0 Å². The molecule has 0 saturated heterocycles. The van der Waals surface area contributed by atoms with Gasteiger partial charge in [0.1, 0.15) is 4.90 Å². The zero-order chi connectivity index (χ0) is 14.9. The molecular weight excluding hydrogens is 288 g/mol. The minimum atomic E-state index is -4.06. The molecule has 0 aromatic heterocycles. The average molecular weight is 299 g/mol. The number of anilines is 3. The topological polar surface area (TPSA) is 98.2 Å². The molecule has 0 radical (unpaired) electrons. The van der Waals surface area contributed by atoms with Gasteiger partial charge in [0.05, 0.1) is 11.4 Å². The van der Waals surface area contributed by atoms with Crippen LogP contribution in [0.15, 0.2) is 41.3 Å². The number of benzene rings is 2. The van der Waals surface area contributed by atoms with Gasteiger partial charge in [-0.25, -0.2) is 22.3 Å². The molecule has 0 spiro atoms. The van der Waals surface area contributed by atoms with E-state index in [0.29, 0.717) is 0 Å². The molecule has 2 rings (SSSR count). The fraction of sp³-hybridized carbons (Fsp3) is 0. The second-order valence-corrected chi connectivity index (χ2v) is 5.56. The van der Waals surface area contributed by atoms with Crippen molar-refractivity contribution in [3.63, 3.8) is 0 Å². The summed E-state index contributed by atoms with van der Waals surface area (Å²) in [4.78, 5) is -0.304. The number of sulfonamides is 1. The second-order valence-electron chi connectivity index (χ2n) is 4.03. The zero-order valence-electron chi connectivity index (χ0n) is 10.1. The van der Waals surface area contributed by atoms with Crippen LogP contribution in [0.3, 0.4) is 0 Å². The molecule has 0 unspecified atom stereocenters. The second kappa shape index (κ2) is 5.06. The lowest BCUT2D eigenvalue weighted by molar-refractivity contribution is 0.511. The summed E-state index contributed by atoms with van der Waals surface area (Å²) in [5.74, 6) is -2.17. The van der Waals surface area contributed by atoms with Crippen LogP contribution in [0.5, 0.6) is 0 Å². The van der Waals surface area contributed by atoms with Gasteiger partial charge < -0.3 is 11.1 Å². The summed E-state index contributed by atoms with van der Waals surface area (Å²) in [5.41, 5.74) is 5.47. The van der Waals surface area contributed by atoms with Gasteiger partial charge in [-0.2, -0.15) is 0 Å². The van der Waals surface area contributed by atoms with E-state index in [1.807, 2.05) is 0 Å². The monoisotopic (exact) mass is 299 g/mol. The maximum Gasteiger partial charge on any atom is 0.240 e. The van der Waals surface area contributed by atoms with Crippen LogP contribution in [0.4, 0.5) is 25.8 Å². The first-order chi connectivity index (χ1) is 9.29. The van der Waals surface area contributed by atoms with Crippen molar-refractivity contribution in [3.05, 3.63) is 48.0 Å². The lowest BCUT2D eigenvalue weighted by Gasteiger charge is -2.12. The molecule has 0 aliphatic carbocycles. The Labute approximate surface area is 114 Å². The molecule has 0 bridgehead atoms. The lowest BCUT2D eigenvalue weighted by Crippen LogP contribution is -2.14. The van der Waals surface area contributed by atoms with E-state index >= 15 is 0 Å². The van der Waals surface area contributed by atoms with Crippen molar-refractivity contribution in [1.82, 2.24) is 0 Å². The fourth-order valence-corrected chi connectivity index (χ4v) is 2.35. The molecule has 0 aliphatic heterocycles. The number of nitrogen functional groups attached to an aromatic ring is 1. The van der Waals surface area contributed by atoms with Crippen LogP contribution in [-0.2, 0) is 10.0 Å². The molecule has 0 heterocycles. The number of hydrogen-bond acceptors (Lipinski definition) is 4. The summed E-state index contributed by atoms with van der Waals surface area (Å²) in [6, 6.07) is 7.36. The van der Waals surface area contributed by atoms with E-state index in [4.69, 9.17) is 10.9 Å². The number of nitrogens with two attached hydrogens (primary N) is 2. The number of primary sulfonamides is 1. The molecule has 0 fully saturated rings. The Morgan fingerprint density at radius 3 is 2.40 bits per heavy atom. The van der Waals surface area contributed by atoms with E-state index in [1.165, 1.54) is 24.3 Å². The first-order valence-corrected chi connectivity index (χ1v) is 6.97. The normalized spacial score (nSPS) is 11.3. The van der Waals surface area contributed by atoms with Crippen molar-refractivity contribution in [2.45, 2.75) is 4.90 Å². The molecule has 0 aliphatic rings. The molecule has 106 valence electrons. The molecule has 0 saturated carbocycles. The number of halogens is 2. The quantitative estimate of drug-likeness (QED) is 0.754. The molecule has 5 nitrogen and oxygen atoms in total. The highest BCUT2D eigenvalue weighted by molar-refractivity contribution is 7.89. The lowest BCUT2D eigenvalue weighted by atomic mass is 10.2. The Balaban J connectivity index is 2.52. The maximum atomic E-state index is 13.6. The van der Waals surface area contributed by atoms with E-state index in [0.717, 1.165) is 12.1 Å². The predicted molar refractivity (Wildman–Crippen MR) is 71.9 cm³/mol. The smallest absolute Gasteiger partial charge is 0.240 e. The van der Waals surface area contributed by atoms with Crippen molar-refractivity contribution >= 4 is 27.1 Å². The highest BCUT2D eigenvalue weighted by Gasteiger charge is 2.16. The standard InChI is InChI=1S/C12H11F2N3O2S/c13-8-2-1-3-10(12(8)14)17-9-5-4-7(15)6-11(9)20(16,18)19/h1-6,17H,15H2,(H2,16,18,19). The number of nitrogens with one attached hydrogen (secondary N) is 1. The Morgan fingerprint density at radius 2 is 1.75 bits per heavy atom. The van der Waals surface area contributed by atoms with Gasteiger partial charge in [-0.05, 0) is 30.3 Å². The van der Waals surface area contributed by atoms with Gasteiger partial charge in [-0.15, -0.1) is 0 Å². The first-order valence-electron chi connectivity index (χ1n) is 5.42. The van der Waals surface area contributed by atoms with Crippen molar-refractivity contribution in [1.29, 1.82) is 0 Å². The van der Waals surface area contributed by atoms with Crippen LogP contribution in [0.25, 0.3) is 0 Å². The molecular formula is C12H11F2N3O2S. The largest absolute Gasteiger partial charge is 0.399 e. The van der Waals surface area contributed by atoms with Crippen LogP contribution < -0.4 is 16.2 Å². The molecule has 20 heavy (non-hydrogen) atoms. The van der Waals surface area contributed by atoms with Gasteiger partial charge >= 0.3 is 0 Å². The summed E-state index contributed by atoms with van der Waals surface area (Å²) >= 11 is 0. The number of hydrogen-bond donors (Lipinski definition) is 3. The first kappa shape index (κ1) is 14.2.